The van der Waals surface area contributed by atoms with E-state index in [1.165, 1.54) is 24.0 Å². The lowest BCUT2D eigenvalue weighted by atomic mass is 10.1. The van der Waals surface area contributed by atoms with E-state index < -0.39 is 29.1 Å². The first-order valence-corrected chi connectivity index (χ1v) is 11.6. The van der Waals surface area contributed by atoms with Crippen molar-refractivity contribution < 1.29 is 23.1 Å². The van der Waals surface area contributed by atoms with Crippen LogP contribution in [0, 0.1) is 17.5 Å². The number of benzene rings is 2. The predicted molar refractivity (Wildman–Crippen MR) is 139 cm³/mol. The van der Waals surface area contributed by atoms with Crippen LogP contribution in [-0.4, -0.2) is 43.0 Å². The first kappa shape index (κ1) is 25.7. The van der Waals surface area contributed by atoms with Gasteiger partial charge < -0.3 is 16.6 Å². The third-order valence-corrected chi connectivity index (χ3v) is 6.25. The van der Waals surface area contributed by atoms with Crippen LogP contribution in [0.5, 0.6) is 0 Å². The quantitative estimate of drug-likeness (QED) is 0.262. The van der Waals surface area contributed by atoms with Gasteiger partial charge in [-0.15, -0.1) is 0 Å². The normalized spacial score (nSPS) is 11.2. The van der Waals surface area contributed by atoms with Crippen LogP contribution < -0.4 is 16.4 Å². The summed E-state index contributed by atoms with van der Waals surface area (Å²) in [6.45, 7) is 0. The summed E-state index contributed by atoms with van der Waals surface area (Å²) in [5, 5.41) is 14.3. The molecule has 5 N–H and O–H groups in total. The maximum atomic E-state index is 14.4. The van der Waals surface area contributed by atoms with Crippen LogP contribution >= 0.6 is 11.6 Å². The van der Waals surface area contributed by atoms with Gasteiger partial charge in [0.2, 0.25) is 0 Å². The number of nitrogens with two attached hydrogens (primary N) is 2. The lowest BCUT2D eigenvalue weighted by Crippen LogP contribution is -2.24. The van der Waals surface area contributed by atoms with Crippen LogP contribution in [0.2, 0.25) is 5.02 Å². The molecule has 0 aliphatic carbocycles. The smallest absolute Gasteiger partial charge is 0.412 e. The molecule has 0 unspecified atom stereocenters. The van der Waals surface area contributed by atoms with Crippen LogP contribution in [0.1, 0.15) is 11.3 Å². The maximum Gasteiger partial charge on any atom is 0.412 e. The standard InChI is InChI=1S/C25H18ClF3N8O2/c1-36(25(38)39)19-7-2-11(10-32-19)20-22(30)33-24(34-23(20)31)37-18-6-3-12(26)8-14(18)17(35-37)9-13-15(27)4-5-16(28)21(13)29/h2-8,10H,9H2,1H3,(H,38,39)(H4,30,31,33,34). The number of hydrogen-bond acceptors (Lipinski definition) is 7. The molecule has 0 saturated carbocycles. The zero-order valence-corrected chi connectivity index (χ0v) is 20.8. The Labute approximate surface area is 223 Å². The number of anilines is 3. The minimum absolute atomic E-state index is 0.0278. The fourth-order valence-electron chi connectivity index (χ4n) is 4.04. The molecule has 0 saturated heterocycles. The maximum absolute atomic E-state index is 14.4. The van der Waals surface area contributed by atoms with Crippen molar-refractivity contribution in [2.75, 3.05) is 23.4 Å². The van der Waals surface area contributed by atoms with Gasteiger partial charge in [-0.2, -0.15) is 19.7 Å². The average molecular weight is 555 g/mol. The molecule has 2 aromatic carbocycles. The number of rotatable bonds is 5. The molecule has 0 aliphatic rings. The highest BCUT2D eigenvalue weighted by molar-refractivity contribution is 6.31. The second kappa shape index (κ2) is 9.76. The van der Waals surface area contributed by atoms with Crippen molar-refractivity contribution in [1.82, 2.24) is 24.7 Å². The summed E-state index contributed by atoms with van der Waals surface area (Å²) in [5.41, 5.74) is 13.3. The zero-order valence-electron chi connectivity index (χ0n) is 20.0. The van der Waals surface area contributed by atoms with Crippen LogP contribution in [0.25, 0.3) is 28.0 Å². The summed E-state index contributed by atoms with van der Waals surface area (Å²) in [4.78, 5) is 24.8. The summed E-state index contributed by atoms with van der Waals surface area (Å²) in [5.74, 6) is -3.35. The number of nitrogen functional groups attached to an aromatic ring is 2. The number of carboxylic acid groups (broad SMARTS) is 1. The van der Waals surface area contributed by atoms with Crippen molar-refractivity contribution in [3.05, 3.63) is 82.4 Å². The Morgan fingerprint density at radius 1 is 1.05 bits per heavy atom. The van der Waals surface area contributed by atoms with Crippen molar-refractivity contribution >= 4 is 46.1 Å². The molecule has 3 aromatic heterocycles. The van der Waals surface area contributed by atoms with E-state index in [-0.39, 0.29) is 41.1 Å². The van der Waals surface area contributed by atoms with Crippen molar-refractivity contribution in [2.24, 2.45) is 0 Å². The topological polar surface area (TPSA) is 149 Å². The van der Waals surface area contributed by atoms with Gasteiger partial charge in [-0.05, 0) is 42.5 Å². The van der Waals surface area contributed by atoms with Crippen LogP contribution in [0.4, 0.5) is 35.4 Å². The van der Waals surface area contributed by atoms with E-state index in [4.69, 9.17) is 28.2 Å². The van der Waals surface area contributed by atoms with Gasteiger partial charge in [-0.25, -0.2) is 22.9 Å². The monoisotopic (exact) mass is 554 g/mol. The van der Waals surface area contributed by atoms with Crippen LogP contribution in [0.15, 0.2) is 48.7 Å². The fourth-order valence-corrected chi connectivity index (χ4v) is 4.21. The molecule has 0 bridgehead atoms. The molecule has 0 atom stereocenters. The first-order chi connectivity index (χ1) is 18.5. The van der Waals surface area contributed by atoms with Gasteiger partial charge in [-0.1, -0.05) is 11.6 Å². The molecule has 39 heavy (non-hydrogen) atoms. The van der Waals surface area contributed by atoms with E-state index in [9.17, 15) is 18.0 Å². The SMILES string of the molecule is CN(C(=O)O)c1ccc(-c2c(N)nc(-n3nc(Cc4c(F)ccc(F)c4F)c4cc(Cl)ccc43)nc2N)cn1. The second-order valence-electron chi connectivity index (χ2n) is 8.43. The number of amides is 1. The van der Waals surface area contributed by atoms with Gasteiger partial charge in [0, 0.05) is 41.2 Å². The molecule has 5 rings (SSSR count). The molecule has 1 amide bonds. The van der Waals surface area contributed by atoms with Crippen molar-refractivity contribution in [3.8, 4) is 17.1 Å². The number of pyridine rings is 1. The third kappa shape index (κ3) is 4.63. The van der Waals surface area contributed by atoms with Crippen LogP contribution in [0.3, 0.4) is 0 Å². The third-order valence-electron chi connectivity index (χ3n) is 6.01. The average Bonchev–Trinajstić information content (AvgIpc) is 3.25. The number of carbonyl (C=O) groups is 1. The molecule has 198 valence electrons. The van der Waals surface area contributed by atoms with E-state index >= 15 is 0 Å². The lowest BCUT2D eigenvalue weighted by Gasteiger charge is -2.14. The van der Waals surface area contributed by atoms with E-state index in [0.717, 1.165) is 11.0 Å². The Kier molecular flexibility index (Phi) is 6.44. The molecule has 0 fully saturated rings. The number of hydrogen-bond donors (Lipinski definition) is 3. The summed E-state index contributed by atoms with van der Waals surface area (Å²) in [6, 6.07) is 9.32. The zero-order chi connectivity index (χ0) is 28.0. The van der Waals surface area contributed by atoms with Crippen molar-refractivity contribution in [3.63, 3.8) is 0 Å². The Morgan fingerprint density at radius 2 is 1.74 bits per heavy atom. The van der Waals surface area contributed by atoms with E-state index in [2.05, 4.69) is 20.1 Å². The molecule has 0 radical (unpaired) electrons. The van der Waals surface area contributed by atoms with Gasteiger partial charge >= 0.3 is 6.09 Å². The van der Waals surface area contributed by atoms with Crippen molar-refractivity contribution in [2.45, 2.75) is 6.42 Å². The Bertz CT molecular complexity index is 1740. The van der Waals surface area contributed by atoms with E-state index in [1.54, 1.807) is 24.3 Å². The number of halogens is 4. The van der Waals surface area contributed by atoms with Crippen LogP contribution in [-0.2, 0) is 6.42 Å². The van der Waals surface area contributed by atoms with E-state index in [1.807, 2.05) is 0 Å². The number of aromatic nitrogens is 5. The molecular formula is C25H18ClF3N8O2. The Morgan fingerprint density at radius 3 is 2.38 bits per heavy atom. The van der Waals surface area contributed by atoms with Crippen molar-refractivity contribution in [1.29, 1.82) is 0 Å². The van der Waals surface area contributed by atoms with E-state index in [0.29, 0.717) is 27.6 Å². The largest absolute Gasteiger partial charge is 0.465 e. The molecule has 3 heterocycles. The molecule has 0 aliphatic heterocycles. The molecule has 14 heteroatoms. The lowest BCUT2D eigenvalue weighted by molar-refractivity contribution is 0.203. The van der Waals surface area contributed by atoms with Gasteiger partial charge in [-0.3, -0.25) is 4.90 Å². The Balaban J connectivity index is 1.59. The summed E-state index contributed by atoms with van der Waals surface area (Å²) < 4.78 is 43.9. The van der Waals surface area contributed by atoms with Gasteiger partial charge in [0.25, 0.3) is 5.95 Å². The minimum atomic E-state index is -1.32. The summed E-state index contributed by atoms with van der Waals surface area (Å²) in [6.07, 6.45) is -0.187. The van der Waals surface area contributed by atoms with Gasteiger partial charge in [0.05, 0.1) is 16.8 Å². The first-order valence-electron chi connectivity index (χ1n) is 11.2. The minimum Gasteiger partial charge on any atom is -0.465 e. The highest BCUT2D eigenvalue weighted by atomic mass is 35.5. The highest BCUT2D eigenvalue weighted by Gasteiger charge is 2.22. The summed E-state index contributed by atoms with van der Waals surface area (Å²) in [7, 11) is 1.35. The Hall–Kier alpha value is -4.91. The predicted octanol–water partition coefficient (Wildman–Crippen LogP) is 4.82. The van der Waals surface area contributed by atoms with Gasteiger partial charge in [0.1, 0.15) is 23.3 Å². The number of fused-ring (bicyclic) bond motifs is 1. The highest BCUT2D eigenvalue weighted by Crippen LogP contribution is 2.32. The molecule has 0 spiro atoms. The molecular weight excluding hydrogens is 537 g/mol. The molecule has 10 nitrogen and oxygen atoms in total. The number of nitrogens with zero attached hydrogens (tertiary/aromatic N) is 6. The second-order valence-corrected chi connectivity index (χ2v) is 8.87. The van der Waals surface area contributed by atoms with Gasteiger partial charge in [0.15, 0.2) is 11.6 Å². The fraction of sp³-hybridized carbons (Fsp3) is 0.0800. The molecule has 5 aromatic rings. The summed E-state index contributed by atoms with van der Waals surface area (Å²) >= 11 is 6.17.